The molecule has 0 aliphatic carbocycles. The van der Waals surface area contributed by atoms with Crippen molar-refractivity contribution in [3.8, 4) is 0 Å². The number of aliphatic hydroxyl groups is 1. The second-order valence-electron chi connectivity index (χ2n) is 5.90. The number of aliphatic hydroxyl groups excluding tert-OH is 1. The smallest absolute Gasteiger partial charge is 0.0790 e. The van der Waals surface area contributed by atoms with Crippen LogP contribution < -0.4 is 4.90 Å². The third kappa shape index (κ3) is 3.05. The van der Waals surface area contributed by atoms with E-state index >= 15 is 0 Å². The number of aryl methyl sites for hydroxylation is 1. The Labute approximate surface area is 111 Å². The summed E-state index contributed by atoms with van der Waals surface area (Å²) in [6.07, 6.45) is 4.01. The van der Waals surface area contributed by atoms with E-state index < -0.39 is 0 Å². The Morgan fingerprint density at radius 2 is 2.06 bits per heavy atom. The van der Waals surface area contributed by atoms with Gasteiger partial charge in [-0.1, -0.05) is 26.0 Å². The van der Waals surface area contributed by atoms with Gasteiger partial charge in [0.15, 0.2) is 0 Å². The summed E-state index contributed by atoms with van der Waals surface area (Å²) in [5.41, 5.74) is 3.82. The molecule has 1 aromatic rings. The molecule has 0 bridgehead atoms. The zero-order chi connectivity index (χ0) is 13.1. The maximum absolute atomic E-state index is 10.2. The van der Waals surface area contributed by atoms with Crippen LogP contribution in [0.25, 0.3) is 0 Å². The molecule has 1 heterocycles. The lowest BCUT2D eigenvalue weighted by Gasteiger charge is -2.28. The van der Waals surface area contributed by atoms with Gasteiger partial charge in [0.1, 0.15) is 0 Å². The first kappa shape index (κ1) is 13.4. The van der Waals surface area contributed by atoms with E-state index in [0.29, 0.717) is 5.92 Å². The highest BCUT2D eigenvalue weighted by molar-refractivity contribution is 5.56. The zero-order valence-electron chi connectivity index (χ0n) is 11.8. The van der Waals surface area contributed by atoms with Crippen LogP contribution in [0.2, 0.25) is 0 Å². The summed E-state index contributed by atoms with van der Waals surface area (Å²) < 4.78 is 0. The highest BCUT2D eigenvalue weighted by Gasteiger charge is 2.16. The first-order chi connectivity index (χ1) is 8.58. The predicted octanol–water partition coefficient (Wildman–Crippen LogP) is 3.54. The quantitative estimate of drug-likeness (QED) is 0.879. The standard InChI is InChI=1S/C16H25NO/c1-12(2)6-9-16(18)14-7-8-15-13(11-14)5-4-10-17(15)3/h7-8,11-12,16,18H,4-6,9-10H2,1-3H3. The molecule has 100 valence electrons. The van der Waals surface area contributed by atoms with Gasteiger partial charge in [-0.15, -0.1) is 0 Å². The van der Waals surface area contributed by atoms with Gasteiger partial charge in [-0.05, 0) is 48.8 Å². The van der Waals surface area contributed by atoms with E-state index in [1.165, 1.54) is 17.7 Å². The minimum atomic E-state index is -0.301. The fraction of sp³-hybridized carbons (Fsp3) is 0.625. The number of hydrogen-bond acceptors (Lipinski definition) is 2. The molecular weight excluding hydrogens is 222 g/mol. The molecule has 0 saturated heterocycles. The van der Waals surface area contributed by atoms with Crippen molar-refractivity contribution in [2.45, 2.75) is 45.6 Å². The lowest BCUT2D eigenvalue weighted by molar-refractivity contribution is 0.159. The Bertz CT molecular complexity index is 400. The molecular formula is C16H25NO. The third-order valence-electron chi connectivity index (χ3n) is 3.86. The van der Waals surface area contributed by atoms with E-state index in [1.54, 1.807) is 0 Å². The molecule has 1 N–H and O–H groups in total. The number of rotatable bonds is 4. The van der Waals surface area contributed by atoms with Crippen molar-refractivity contribution in [3.63, 3.8) is 0 Å². The summed E-state index contributed by atoms with van der Waals surface area (Å²) >= 11 is 0. The van der Waals surface area contributed by atoms with Crippen LogP contribution in [-0.2, 0) is 6.42 Å². The summed E-state index contributed by atoms with van der Waals surface area (Å²) in [4.78, 5) is 2.31. The molecule has 1 aromatic carbocycles. The van der Waals surface area contributed by atoms with Crippen LogP contribution in [0.3, 0.4) is 0 Å². The molecule has 1 aliphatic heterocycles. The second-order valence-corrected chi connectivity index (χ2v) is 5.90. The van der Waals surface area contributed by atoms with Crippen molar-refractivity contribution in [2.24, 2.45) is 5.92 Å². The van der Waals surface area contributed by atoms with Crippen molar-refractivity contribution in [1.82, 2.24) is 0 Å². The number of nitrogens with zero attached hydrogens (tertiary/aromatic N) is 1. The summed E-state index contributed by atoms with van der Waals surface area (Å²) in [5, 5.41) is 10.2. The number of fused-ring (bicyclic) bond motifs is 1. The lowest BCUT2D eigenvalue weighted by atomic mass is 9.95. The highest BCUT2D eigenvalue weighted by Crippen LogP contribution is 2.30. The number of benzene rings is 1. The minimum Gasteiger partial charge on any atom is -0.388 e. The van der Waals surface area contributed by atoms with Gasteiger partial charge in [0.05, 0.1) is 6.10 Å². The normalized spacial score (nSPS) is 16.8. The summed E-state index contributed by atoms with van der Waals surface area (Å²) in [7, 11) is 2.15. The van der Waals surface area contributed by atoms with Crippen LogP contribution in [0.15, 0.2) is 18.2 Å². The van der Waals surface area contributed by atoms with E-state index in [4.69, 9.17) is 0 Å². The van der Waals surface area contributed by atoms with Crippen LogP contribution in [0.5, 0.6) is 0 Å². The SMILES string of the molecule is CC(C)CCC(O)c1ccc2c(c1)CCCN2C. The molecule has 1 unspecified atom stereocenters. The molecule has 2 nitrogen and oxygen atoms in total. The topological polar surface area (TPSA) is 23.5 Å². The highest BCUT2D eigenvalue weighted by atomic mass is 16.3. The minimum absolute atomic E-state index is 0.301. The van der Waals surface area contributed by atoms with Crippen LogP contribution in [0.4, 0.5) is 5.69 Å². The van der Waals surface area contributed by atoms with Gasteiger partial charge in [-0.25, -0.2) is 0 Å². The maximum atomic E-state index is 10.2. The fourth-order valence-electron chi connectivity index (χ4n) is 2.67. The van der Waals surface area contributed by atoms with Crippen molar-refractivity contribution < 1.29 is 5.11 Å². The Balaban J connectivity index is 2.10. The van der Waals surface area contributed by atoms with E-state index in [2.05, 4.69) is 44.0 Å². The van der Waals surface area contributed by atoms with Crippen molar-refractivity contribution in [3.05, 3.63) is 29.3 Å². The van der Waals surface area contributed by atoms with Crippen molar-refractivity contribution in [1.29, 1.82) is 0 Å². The average Bonchev–Trinajstić information content (AvgIpc) is 2.35. The average molecular weight is 247 g/mol. The molecule has 0 saturated carbocycles. The molecule has 0 aromatic heterocycles. The fourth-order valence-corrected chi connectivity index (χ4v) is 2.67. The first-order valence-corrected chi connectivity index (χ1v) is 7.10. The third-order valence-corrected chi connectivity index (χ3v) is 3.86. The maximum Gasteiger partial charge on any atom is 0.0790 e. The van der Waals surface area contributed by atoms with Crippen LogP contribution >= 0.6 is 0 Å². The Kier molecular flexibility index (Phi) is 4.28. The van der Waals surface area contributed by atoms with E-state index in [-0.39, 0.29) is 6.10 Å². The van der Waals surface area contributed by atoms with Gasteiger partial charge in [-0.2, -0.15) is 0 Å². The molecule has 0 radical (unpaired) electrons. The van der Waals surface area contributed by atoms with E-state index in [1.807, 2.05) is 0 Å². The van der Waals surface area contributed by atoms with Gasteiger partial charge in [0, 0.05) is 19.3 Å². The van der Waals surface area contributed by atoms with E-state index in [9.17, 15) is 5.11 Å². The molecule has 18 heavy (non-hydrogen) atoms. The van der Waals surface area contributed by atoms with Crippen LogP contribution in [-0.4, -0.2) is 18.7 Å². The molecule has 0 amide bonds. The summed E-state index contributed by atoms with van der Waals surface area (Å²) in [5.74, 6) is 0.656. The van der Waals surface area contributed by atoms with Gasteiger partial charge in [0.25, 0.3) is 0 Å². The predicted molar refractivity (Wildman–Crippen MR) is 77.1 cm³/mol. The molecule has 2 heteroatoms. The monoisotopic (exact) mass is 247 g/mol. The second kappa shape index (κ2) is 5.75. The van der Waals surface area contributed by atoms with Gasteiger partial charge in [-0.3, -0.25) is 0 Å². The summed E-state index contributed by atoms with van der Waals surface area (Å²) in [6.45, 7) is 5.55. The molecule has 1 aliphatic rings. The van der Waals surface area contributed by atoms with Gasteiger partial charge in [0.2, 0.25) is 0 Å². The molecule has 1 atom stereocenters. The van der Waals surface area contributed by atoms with Crippen molar-refractivity contribution in [2.75, 3.05) is 18.5 Å². The summed E-state index contributed by atoms with van der Waals surface area (Å²) in [6, 6.07) is 6.46. The Hall–Kier alpha value is -1.02. The van der Waals surface area contributed by atoms with E-state index in [0.717, 1.165) is 31.4 Å². The Morgan fingerprint density at radius 1 is 1.28 bits per heavy atom. The molecule has 2 rings (SSSR count). The van der Waals surface area contributed by atoms with Crippen LogP contribution in [0.1, 0.15) is 50.3 Å². The van der Waals surface area contributed by atoms with Gasteiger partial charge < -0.3 is 10.0 Å². The number of anilines is 1. The largest absolute Gasteiger partial charge is 0.388 e. The first-order valence-electron chi connectivity index (χ1n) is 7.10. The zero-order valence-corrected chi connectivity index (χ0v) is 11.8. The van der Waals surface area contributed by atoms with Crippen LogP contribution in [0, 0.1) is 5.92 Å². The number of hydrogen-bond donors (Lipinski definition) is 1. The van der Waals surface area contributed by atoms with Crippen molar-refractivity contribution >= 4 is 5.69 Å². The molecule has 0 fully saturated rings. The Morgan fingerprint density at radius 3 is 2.78 bits per heavy atom. The lowest BCUT2D eigenvalue weighted by Crippen LogP contribution is -2.24. The van der Waals surface area contributed by atoms with Gasteiger partial charge >= 0.3 is 0 Å². The molecule has 0 spiro atoms.